The predicted molar refractivity (Wildman–Crippen MR) is 215 cm³/mol. The van der Waals surface area contributed by atoms with E-state index in [1.807, 2.05) is 0 Å². The van der Waals surface area contributed by atoms with Gasteiger partial charge in [-0.1, -0.05) is 206 Å². The first kappa shape index (κ1) is 48.6. The van der Waals surface area contributed by atoms with E-state index in [2.05, 4.69) is 26.0 Å². The van der Waals surface area contributed by atoms with Gasteiger partial charge in [-0.2, -0.15) is 0 Å². The normalized spacial score (nSPS) is 12.1. The van der Waals surface area contributed by atoms with Gasteiger partial charge in [0, 0.05) is 12.8 Å². The molecular formula is C45H86O5. The Morgan fingerprint density at radius 2 is 0.740 bits per heavy atom. The topological polar surface area (TPSA) is 72.8 Å². The number of ether oxygens (including phenoxy) is 2. The fourth-order valence-electron chi connectivity index (χ4n) is 6.67. The van der Waals surface area contributed by atoms with E-state index in [1.165, 1.54) is 180 Å². The molecule has 0 aliphatic rings. The fraction of sp³-hybridized carbons (Fsp3) is 0.911. The van der Waals surface area contributed by atoms with E-state index in [1.54, 1.807) is 0 Å². The van der Waals surface area contributed by atoms with Crippen molar-refractivity contribution in [3.05, 3.63) is 12.2 Å². The Morgan fingerprint density at radius 1 is 0.440 bits per heavy atom. The molecule has 5 heteroatoms. The van der Waals surface area contributed by atoms with Gasteiger partial charge in [0.2, 0.25) is 0 Å². The van der Waals surface area contributed by atoms with Crippen LogP contribution < -0.4 is 0 Å². The highest BCUT2D eigenvalue weighted by Crippen LogP contribution is 2.16. The molecule has 0 aliphatic carbocycles. The molecule has 0 amide bonds. The van der Waals surface area contributed by atoms with Gasteiger partial charge in [-0.15, -0.1) is 0 Å². The first-order valence-electron chi connectivity index (χ1n) is 22.2. The maximum Gasteiger partial charge on any atom is 0.306 e. The minimum Gasteiger partial charge on any atom is -0.462 e. The molecule has 296 valence electrons. The maximum absolute atomic E-state index is 12.2. The molecule has 0 spiro atoms. The van der Waals surface area contributed by atoms with Gasteiger partial charge in [0.25, 0.3) is 0 Å². The van der Waals surface area contributed by atoms with Crippen LogP contribution in [0.3, 0.4) is 0 Å². The van der Waals surface area contributed by atoms with Crippen molar-refractivity contribution in [2.24, 2.45) is 0 Å². The second-order valence-electron chi connectivity index (χ2n) is 15.1. The molecule has 0 heterocycles. The molecule has 0 aromatic heterocycles. The van der Waals surface area contributed by atoms with Gasteiger partial charge in [-0.05, 0) is 38.5 Å². The van der Waals surface area contributed by atoms with Gasteiger partial charge in [0.05, 0.1) is 6.61 Å². The molecule has 1 N–H and O–H groups in total. The number of hydrogen-bond acceptors (Lipinski definition) is 5. The average Bonchev–Trinajstić information content (AvgIpc) is 3.12. The van der Waals surface area contributed by atoms with Crippen molar-refractivity contribution in [3.8, 4) is 0 Å². The Hall–Kier alpha value is -1.36. The van der Waals surface area contributed by atoms with Crippen molar-refractivity contribution >= 4 is 11.9 Å². The molecular weight excluding hydrogens is 620 g/mol. The van der Waals surface area contributed by atoms with E-state index < -0.39 is 6.10 Å². The summed E-state index contributed by atoms with van der Waals surface area (Å²) < 4.78 is 10.6. The summed E-state index contributed by atoms with van der Waals surface area (Å²) in [5.41, 5.74) is 0. The van der Waals surface area contributed by atoms with Gasteiger partial charge in [0.15, 0.2) is 6.10 Å². The summed E-state index contributed by atoms with van der Waals surface area (Å²) in [4.78, 5) is 24.3. The Kier molecular flexibility index (Phi) is 40.9. The Bertz CT molecular complexity index is 720. The SMILES string of the molecule is CCCCCC/C=C/CCCCCCCCCC(=O)OC[C@H](CO)OC(=O)CCCCCCCCCCCCCCCCCCCCCCC. The number of carbonyl (C=O) groups is 2. The minimum absolute atomic E-state index is 0.0619. The third kappa shape index (κ3) is 39.4. The van der Waals surface area contributed by atoms with Crippen LogP contribution in [-0.2, 0) is 19.1 Å². The molecule has 0 rings (SSSR count). The maximum atomic E-state index is 12.2. The van der Waals surface area contributed by atoms with Crippen LogP contribution in [0.5, 0.6) is 0 Å². The molecule has 0 saturated carbocycles. The Morgan fingerprint density at radius 3 is 1.10 bits per heavy atom. The number of allylic oxidation sites excluding steroid dienone is 2. The summed E-state index contributed by atoms with van der Waals surface area (Å²) in [5.74, 6) is -0.582. The van der Waals surface area contributed by atoms with Crippen molar-refractivity contribution in [2.75, 3.05) is 13.2 Å². The molecule has 0 radical (unpaired) electrons. The van der Waals surface area contributed by atoms with Crippen LogP contribution in [0.1, 0.15) is 245 Å². The number of carbonyl (C=O) groups excluding carboxylic acids is 2. The zero-order chi connectivity index (χ0) is 36.4. The summed E-state index contributed by atoms with van der Waals surface area (Å²) in [6.45, 7) is 4.15. The minimum atomic E-state index is -0.766. The highest BCUT2D eigenvalue weighted by Gasteiger charge is 2.16. The van der Waals surface area contributed by atoms with Crippen LogP contribution in [0.25, 0.3) is 0 Å². The second-order valence-corrected chi connectivity index (χ2v) is 15.1. The Balaban J connectivity index is 3.47. The summed E-state index contributed by atoms with van der Waals surface area (Å²) in [5, 5.41) is 9.58. The molecule has 5 nitrogen and oxygen atoms in total. The largest absolute Gasteiger partial charge is 0.462 e. The van der Waals surface area contributed by atoms with Crippen LogP contribution in [0.2, 0.25) is 0 Å². The van der Waals surface area contributed by atoms with E-state index in [0.717, 1.165) is 38.5 Å². The molecule has 1 atom stereocenters. The number of aliphatic hydroxyl groups excluding tert-OH is 1. The molecule has 0 unspecified atom stereocenters. The molecule has 0 aromatic carbocycles. The standard InChI is InChI=1S/C45H86O5/c1-3-5-7-9-11-13-15-17-19-20-21-22-23-24-26-28-30-32-34-36-38-40-45(48)50-43(41-46)42-49-44(47)39-37-35-33-31-29-27-25-18-16-14-12-10-8-6-4-2/h14,16,43,46H,3-13,15,17-42H2,1-2H3/b16-14+/t43-/m0/s1. The lowest BCUT2D eigenvalue weighted by Crippen LogP contribution is -2.28. The van der Waals surface area contributed by atoms with Crippen LogP contribution in [0.15, 0.2) is 12.2 Å². The summed E-state index contributed by atoms with van der Waals surface area (Å²) in [7, 11) is 0. The lowest BCUT2D eigenvalue weighted by molar-refractivity contribution is -0.161. The Labute approximate surface area is 311 Å². The zero-order valence-corrected chi connectivity index (χ0v) is 33.7. The average molecular weight is 707 g/mol. The highest BCUT2D eigenvalue weighted by atomic mass is 16.6. The lowest BCUT2D eigenvalue weighted by Gasteiger charge is -2.15. The molecule has 0 aromatic rings. The number of aliphatic hydroxyl groups is 1. The van der Waals surface area contributed by atoms with Gasteiger partial charge < -0.3 is 14.6 Å². The fourth-order valence-corrected chi connectivity index (χ4v) is 6.67. The van der Waals surface area contributed by atoms with Crippen LogP contribution in [-0.4, -0.2) is 36.4 Å². The van der Waals surface area contributed by atoms with Crippen molar-refractivity contribution in [3.63, 3.8) is 0 Å². The predicted octanol–water partition coefficient (Wildman–Crippen LogP) is 14.1. The van der Waals surface area contributed by atoms with E-state index in [4.69, 9.17) is 9.47 Å². The van der Waals surface area contributed by atoms with Crippen molar-refractivity contribution in [2.45, 2.75) is 251 Å². The van der Waals surface area contributed by atoms with Gasteiger partial charge in [-0.25, -0.2) is 0 Å². The van der Waals surface area contributed by atoms with E-state index in [9.17, 15) is 14.7 Å². The van der Waals surface area contributed by atoms with Crippen LogP contribution in [0, 0.1) is 0 Å². The van der Waals surface area contributed by atoms with Crippen LogP contribution in [0.4, 0.5) is 0 Å². The van der Waals surface area contributed by atoms with Gasteiger partial charge in [0.1, 0.15) is 6.61 Å². The van der Waals surface area contributed by atoms with Gasteiger partial charge in [-0.3, -0.25) is 9.59 Å². The lowest BCUT2D eigenvalue weighted by atomic mass is 10.0. The number of unbranched alkanes of at least 4 members (excludes halogenated alkanes) is 31. The van der Waals surface area contributed by atoms with E-state index in [0.29, 0.717) is 12.8 Å². The van der Waals surface area contributed by atoms with E-state index in [-0.39, 0.29) is 25.2 Å². The van der Waals surface area contributed by atoms with Crippen LogP contribution >= 0.6 is 0 Å². The summed E-state index contributed by atoms with van der Waals surface area (Å²) in [6, 6.07) is 0. The monoisotopic (exact) mass is 707 g/mol. The number of rotatable bonds is 41. The molecule has 0 bridgehead atoms. The molecule has 0 fully saturated rings. The number of esters is 2. The summed E-state index contributed by atoms with van der Waals surface area (Å²) >= 11 is 0. The third-order valence-electron chi connectivity index (χ3n) is 10.1. The van der Waals surface area contributed by atoms with Crippen molar-refractivity contribution in [1.82, 2.24) is 0 Å². The second kappa shape index (κ2) is 42.1. The van der Waals surface area contributed by atoms with Gasteiger partial charge >= 0.3 is 11.9 Å². The molecule has 0 saturated heterocycles. The van der Waals surface area contributed by atoms with E-state index >= 15 is 0 Å². The highest BCUT2D eigenvalue weighted by molar-refractivity contribution is 5.70. The zero-order valence-electron chi connectivity index (χ0n) is 33.7. The van der Waals surface area contributed by atoms with Crippen molar-refractivity contribution in [1.29, 1.82) is 0 Å². The first-order valence-corrected chi connectivity index (χ1v) is 22.2. The smallest absolute Gasteiger partial charge is 0.306 e. The quantitative estimate of drug-likeness (QED) is 0.0389. The molecule has 0 aliphatic heterocycles. The third-order valence-corrected chi connectivity index (χ3v) is 10.1. The summed E-state index contributed by atoms with van der Waals surface area (Å²) in [6.07, 6.45) is 48.6. The molecule has 50 heavy (non-hydrogen) atoms. The van der Waals surface area contributed by atoms with Crippen molar-refractivity contribution < 1.29 is 24.2 Å². The number of hydrogen-bond donors (Lipinski definition) is 1. The first-order chi connectivity index (χ1) is 24.6.